The maximum absolute atomic E-state index is 5.11. The van der Waals surface area contributed by atoms with Crippen LogP contribution in [0.25, 0.3) is 33.8 Å². The average molecular weight is 505 g/mol. The summed E-state index contributed by atoms with van der Waals surface area (Å²) >= 11 is 1.61. The van der Waals surface area contributed by atoms with Crippen molar-refractivity contribution in [3.8, 4) is 22.8 Å². The zero-order valence-corrected chi connectivity index (χ0v) is 22.1. The number of nitrogens with zero attached hydrogens (tertiary/aromatic N) is 6. The Labute approximate surface area is 220 Å². The van der Waals surface area contributed by atoms with Crippen LogP contribution in [0.15, 0.2) is 107 Å². The van der Waals surface area contributed by atoms with Gasteiger partial charge in [0.05, 0.1) is 11.0 Å². The largest absolute Gasteiger partial charge is 0.378 e. The molecule has 0 atom stereocenters. The molecule has 0 aliphatic heterocycles. The van der Waals surface area contributed by atoms with E-state index in [9.17, 15) is 0 Å². The molecular formula is C30H28N6S. The predicted octanol–water partition coefficient (Wildman–Crippen LogP) is 6.60. The minimum absolute atomic E-state index is 0.923. The molecule has 0 spiro atoms. The van der Waals surface area contributed by atoms with Crippen molar-refractivity contribution in [1.82, 2.24) is 18.8 Å². The Bertz CT molecular complexity index is 1570. The minimum atomic E-state index is 0.923. The number of benzene rings is 2. The van der Waals surface area contributed by atoms with E-state index in [0.29, 0.717) is 0 Å². The van der Waals surface area contributed by atoms with Gasteiger partial charge in [0.25, 0.3) is 0 Å². The number of hydrogen-bond donors (Lipinski definition) is 0. The van der Waals surface area contributed by atoms with Crippen LogP contribution in [-0.4, -0.2) is 47.0 Å². The first-order valence-corrected chi connectivity index (χ1v) is 13.0. The molecule has 0 bridgehead atoms. The molecular weight excluding hydrogens is 476 g/mol. The van der Waals surface area contributed by atoms with Crippen molar-refractivity contribution in [2.75, 3.05) is 38.0 Å². The number of rotatable bonds is 6. The third-order valence-electron chi connectivity index (χ3n) is 6.51. The molecule has 184 valence electrons. The SMILES string of the molecule is CN(C)c1ccc(-c2nc(Sc3nc(-c4ccc(N(C)C)cc4)n4ccccc34)c3ccccn23)cc1. The molecule has 0 unspecified atom stereocenters. The number of imidazole rings is 2. The van der Waals surface area contributed by atoms with Crippen molar-refractivity contribution in [2.45, 2.75) is 10.1 Å². The van der Waals surface area contributed by atoms with E-state index in [4.69, 9.17) is 9.97 Å². The Balaban J connectivity index is 1.43. The second kappa shape index (κ2) is 9.33. The highest BCUT2D eigenvalue weighted by atomic mass is 32.2. The Hall–Kier alpha value is -4.23. The molecule has 0 aliphatic rings. The highest BCUT2D eigenvalue weighted by Gasteiger charge is 2.19. The van der Waals surface area contributed by atoms with Crippen molar-refractivity contribution in [3.63, 3.8) is 0 Å². The van der Waals surface area contributed by atoms with Gasteiger partial charge in [-0.15, -0.1) is 0 Å². The van der Waals surface area contributed by atoms with Crippen molar-refractivity contribution >= 4 is 34.2 Å². The maximum atomic E-state index is 5.11. The smallest absolute Gasteiger partial charge is 0.145 e. The van der Waals surface area contributed by atoms with Crippen LogP contribution in [0, 0.1) is 0 Å². The molecule has 0 N–H and O–H groups in total. The van der Waals surface area contributed by atoms with E-state index < -0.39 is 0 Å². The molecule has 0 amide bonds. The van der Waals surface area contributed by atoms with Gasteiger partial charge in [0.15, 0.2) is 0 Å². The molecule has 0 fully saturated rings. The second-order valence-corrected chi connectivity index (χ2v) is 10.4. The van der Waals surface area contributed by atoms with Gasteiger partial charge in [-0.25, -0.2) is 9.97 Å². The van der Waals surface area contributed by atoms with Gasteiger partial charge in [-0.05, 0) is 84.6 Å². The van der Waals surface area contributed by atoms with E-state index >= 15 is 0 Å². The fourth-order valence-electron chi connectivity index (χ4n) is 4.49. The summed E-state index contributed by atoms with van der Waals surface area (Å²) in [4.78, 5) is 14.4. The summed E-state index contributed by atoms with van der Waals surface area (Å²) in [6, 6.07) is 29.5. The lowest BCUT2D eigenvalue weighted by atomic mass is 10.2. The van der Waals surface area contributed by atoms with Gasteiger partial charge in [0, 0.05) is 63.1 Å². The molecule has 0 radical (unpaired) electrons. The third kappa shape index (κ3) is 4.21. The summed E-state index contributed by atoms with van der Waals surface area (Å²) in [5, 5.41) is 1.87. The van der Waals surface area contributed by atoms with E-state index in [1.807, 2.05) is 12.1 Å². The van der Waals surface area contributed by atoms with Crippen LogP contribution < -0.4 is 9.80 Å². The van der Waals surface area contributed by atoms with Crippen LogP contribution in [-0.2, 0) is 0 Å². The summed E-state index contributed by atoms with van der Waals surface area (Å²) in [6.45, 7) is 0. The van der Waals surface area contributed by atoms with Gasteiger partial charge < -0.3 is 9.80 Å². The molecule has 4 aromatic heterocycles. The van der Waals surface area contributed by atoms with Crippen LogP contribution in [0.3, 0.4) is 0 Å². The maximum Gasteiger partial charge on any atom is 0.145 e. The predicted molar refractivity (Wildman–Crippen MR) is 154 cm³/mol. The monoisotopic (exact) mass is 504 g/mol. The number of anilines is 2. The molecule has 6 nitrogen and oxygen atoms in total. The molecule has 4 heterocycles. The van der Waals surface area contributed by atoms with Gasteiger partial charge in [0.1, 0.15) is 21.7 Å². The molecule has 0 aliphatic carbocycles. The van der Waals surface area contributed by atoms with Crippen LogP contribution in [0.5, 0.6) is 0 Å². The normalized spacial score (nSPS) is 11.4. The molecule has 7 heteroatoms. The number of aromatic nitrogens is 4. The summed E-state index contributed by atoms with van der Waals surface area (Å²) in [6.07, 6.45) is 4.15. The fraction of sp³-hybridized carbons (Fsp3) is 0.133. The third-order valence-corrected chi connectivity index (χ3v) is 7.49. The zero-order chi connectivity index (χ0) is 25.5. The highest BCUT2D eigenvalue weighted by Crippen LogP contribution is 2.37. The quantitative estimate of drug-likeness (QED) is 0.256. The molecule has 6 aromatic rings. The van der Waals surface area contributed by atoms with Crippen molar-refractivity contribution < 1.29 is 0 Å². The van der Waals surface area contributed by atoms with Crippen molar-refractivity contribution in [3.05, 3.63) is 97.3 Å². The standard InChI is InChI=1S/C30H28N6S/c1-33(2)23-15-11-21(12-16-23)27-31-29(25-9-5-7-19-35(25)27)37-30-26-10-6-8-20-36(26)28(32-30)22-13-17-24(18-14-22)34(3)4/h5-20H,1-4H3. The Morgan fingerprint density at radius 1 is 0.541 bits per heavy atom. The van der Waals surface area contributed by atoms with Crippen LogP contribution >= 0.6 is 11.8 Å². The zero-order valence-electron chi connectivity index (χ0n) is 21.3. The highest BCUT2D eigenvalue weighted by molar-refractivity contribution is 7.99. The summed E-state index contributed by atoms with van der Waals surface area (Å²) in [5.74, 6) is 1.85. The van der Waals surface area contributed by atoms with Crippen molar-refractivity contribution in [2.24, 2.45) is 0 Å². The van der Waals surface area contributed by atoms with Gasteiger partial charge in [-0.1, -0.05) is 12.1 Å². The lowest BCUT2D eigenvalue weighted by Crippen LogP contribution is -2.08. The molecule has 0 saturated carbocycles. The van der Waals surface area contributed by atoms with Gasteiger partial charge in [-0.2, -0.15) is 0 Å². The lowest BCUT2D eigenvalue weighted by Gasteiger charge is -2.12. The van der Waals surface area contributed by atoms with E-state index in [1.54, 1.807) is 11.8 Å². The van der Waals surface area contributed by atoms with E-state index in [-0.39, 0.29) is 0 Å². The molecule has 2 aromatic carbocycles. The van der Waals surface area contributed by atoms with E-state index in [0.717, 1.165) is 55.2 Å². The van der Waals surface area contributed by atoms with Crippen LogP contribution in [0.2, 0.25) is 0 Å². The first kappa shape index (κ1) is 23.2. The average Bonchev–Trinajstić information content (AvgIpc) is 3.48. The van der Waals surface area contributed by atoms with Crippen LogP contribution in [0.4, 0.5) is 11.4 Å². The van der Waals surface area contributed by atoms with Gasteiger partial charge in [0.2, 0.25) is 0 Å². The second-order valence-electron chi connectivity index (χ2n) is 9.38. The topological polar surface area (TPSA) is 41.1 Å². The first-order valence-electron chi connectivity index (χ1n) is 12.2. The Morgan fingerprint density at radius 2 is 0.946 bits per heavy atom. The lowest BCUT2D eigenvalue weighted by molar-refractivity contribution is 1.12. The molecule has 37 heavy (non-hydrogen) atoms. The van der Waals surface area contributed by atoms with Crippen molar-refractivity contribution in [1.29, 1.82) is 0 Å². The van der Waals surface area contributed by atoms with Gasteiger partial charge >= 0.3 is 0 Å². The summed E-state index contributed by atoms with van der Waals surface area (Å²) in [7, 11) is 8.20. The summed E-state index contributed by atoms with van der Waals surface area (Å²) < 4.78 is 4.32. The number of fused-ring (bicyclic) bond motifs is 2. The molecule has 0 saturated heterocycles. The Kier molecular flexibility index (Phi) is 5.85. The fourth-order valence-corrected chi connectivity index (χ4v) is 5.47. The van der Waals surface area contributed by atoms with E-state index in [2.05, 4.69) is 132 Å². The Morgan fingerprint density at radius 3 is 1.32 bits per heavy atom. The molecule has 6 rings (SSSR count). The van der Waals surface area contributed by atoms with Crippen LogP contribution in [0.1, 0.15) is 0 Å². The minimum Gasteiger partial charge on any atom is -0.378 e. The number of hydrogen-bond acceptors (Lipinski definition) is 5. The first-order chi connectivity index (χ1) is 18.0. The van der Waals surface area contributed by atoms with E-state index in [1.165, 1.54) is 0 Å². The summed E-state index contributed by atoms with van der Waals surface area (Å²) in [5.41, 5.74) is 6.61. The van der Waals surface area contributed by atoms with Gasteiger partial charge in [-0.3, -0.25) is 8.80 Å². The number of pyridine rings is 2.